The highest BCUT2D eigenvalue weighted by atomic mass is 32.1. The monoisotopic (exact) mass is 240 g/mol. The lowest BCUT2D eigenvalue weighted by molar-refractivity contribution is 0.0537. The van der Waals surface area contributed by atoms with Crippen molar-refractivity contribution in [3.8, 4) is 0 Å². The molecule has 2 unspecified atom stereocenters. The Kier molecular flexibility index (Phi) is 4.75. The summed E-state index contributed by atoms with van der Waals surface area (Å²) >= 11 is 1.74. The molecule has 1 aliphatic heterocycles. The van der Waals surface area contributed by atoms with Crippen LogP contribution >= 0.6 is 11.3 Å². The molecule has 2 rings (SSSR count). The van der Waals surface area contributed by atoms with Crippen LogP contribution in [-0.4, -0.2) is 24.7 Å². The topological polar surface area (TPSA) is 34.1 Å². The zero-order valence-electron chi connectivity index (χ0n) is 9.82. The van der Waals surface area contributed by atoms with Crippen molar-refractivity contribution in [3.63, 3.8) is 0 Å². The van der Waals surface area contributed by atoms with Gasteiger partial charge in [0.1, 0.15) is 5.01 Å². The number of aromatic nitrogens is 1. The van der Waals surface area contributed by atoms with Crippen molar-refractivity contribution < 1.29 is 4.74 Å². The minimum absolute atomic E-state index is 0.418. The Hall–Kier alpha value is -0.450. The van der Waals surface area contributed by atoms with Gasteiger partial charge in [-0.15, -0.1) is 11.3 Å². The lowest BCUT2D eigenvalue weighted by atomic mass is 10.0. The van der Waals surface area contributed by atoms with Gasteiger partial charge in [-0.05, 0) is 25.2 Å². The molecule has 0 aliphatic carbocycles. The SMILES string of the molecule is CCC(NCC1CCCOC1)c1nccs1. The molecule has 0 bridgehead atoms. The van der Waals surface area contributed by atoms with E-state index in [1.807, 2.05) is 11.6 Å². The fraction of sp³-hybridized carbons (Fsp3) is 0.750. The minimum atomic E-state index is 0.418. The molecule has 0 spiro atoms. The van der Waals surface area contributed by atoms with Crippen LogP contribution in [0.15, 0.2) is 11.6 Å². The summed E-state index contributed by atoms with van der Waals surface area (Å²) in [5.41, 5.74) is 0. The van der Waals surface area contributed by atoms with Gasteiger partial charge in [-0.1, -0.05) is 6.92 Å². The van der Waals surface area contributed by atoms with E-state index in [1.54, 1.807) is 11.3 Å². The number of ether oxygens (including phenoxy) is 1. The highest BCUT2D eigenvalue weighted by Crippen LogP contribution is 2.20. The minimum Gasteiger partial charge on any atom is -0.381 e. The lowest BCUT2D eigenvalue weighted by Crippen LogP contribution is -2.31. The smallest absolute Gasteiger partial charge is 0.109 e. The molecule has 1 saturated heterocycles. The molecule has 16 heavy (non-hydrogen) atoms. The van der Waals surface area contributed by atoms with Crippen LogP contribution in [0.5, 0.6) is 0 Å². The molecule has 2 atom stereocenters. The van der Waals surface area contributed by atoms with Gasteiger partial charge < -0.3 is 10.1 Å². The van der Waals surface area contributed by atoms with E-state index in [2.05, 4.69) is 17.2 Å². The third-order valence-electron chi connectivity index (χ3n) is 3.07. The van der Waals surface area contributed by atoms with Crippen LogP contribution in [0.4, 0.5) is 0 Å². The molecular formula is C12H20N2OS. The van der Waals surface area contributed by atoms with E-state index < -0.39 is 0 Å². The van der Waals surface area contributed by atoms with Crippen LogP contribution in [0.1, 0.15) is 37.2 Å². The van der Waals surface area contributed by atoms with Crippen molar-refractivity contribution in [1.82, 2.24) is 10.3 Å². The maximum absolute atomic E-state index is 5.49. The highest BCUT2D eigenvalue weighted by Gasteiger charge is 2.17. The predicted octanol–water partition coefficient (Wildman–Crippen LogP) is 2.61. The van der Waals surface area contributed by atoms with Crippen LogP contribution in [0.2, 0.25) is 0 Å². The third kappa shape index (κ3) is 3.27. The maximum Gasteiger partial charge on any atom is 0.109 e. The van der Waals surface area contributed by atoms with Crippen molar-refractivity contribution in [2.24, 2.45) is 5.92 Å². The first-order valence-electron chi connectivity index (χ1n) is 6.10. The summed E-state index contributed by atoms with van der Waals surface area (Å²) in [6.45, 7) is 5.12. The third-order valence-corrected chi connectivity index (χ3v) is 3.95. The maximum atomic E-state index is 5.49. The van der Waals surface area contributed by atoms with Crippen LogP contribution < -0.4 is 5.32 Å². The molecule has 1 aromatic heterocycles. The number of nitrogens with one attached hydrogen (secondary N) is 1. The Balaban J connectivity index is 1.78. The summed E-state index contributed by atoms with van der Waals surface area (Å²) < 4.78 is 5.49. The van der Waals surface area contributed by atoms with Crippen molar-refractivity contribution in [2.45, 2.75) is 32.2 Å². The van der Waals surface area contributed by atoms with Gasteiger partial charge in [-0.3, -0.25) is 0 Å². The van der Waals surface area contributed by atoms with Gasteiger partial charge in [0.2, 0.25) is 0 Å². The van der Waals surface area contributed by atoms with E-state index in [1.165, 1.54) is 17.8 Å². The summed E-state index contributed by atoms with van der Waals surface area (Å²) in [5.74, 6) is 0.683. The van der Waals surface area contributed by atoms with Crippen LogP contribution in [0.25, 0.3) is 0 Å². The Labute approximate surface area is 101 Å². The Bertz CT molecular complexity index is 283. The van der Waals surface area contributed by atoms with E-state index >= 15 is 0 Å². The average molecular weight is 240 g/mol. The van der Waals surface area contributed by atoms with Gasteiger partial charge >= 0.3 is 0 Å². The molecule has 1 N–H and O–H groups in total. The first-order valence-corrected chi connectivity index (χ1v) is 6.98. The second-order valence-corrected chi connectivity index (χ2v) is 5.25. The zero-order valence-corrected chi connectivity index (χ0v) is 10.6. The van der Waals surface area contributed by atoms with E-state index in [0.29, 0.717) is 12.0 Å². The molecular weight excluding hydrogens is 220 g/mol. The summed E-state index contributed by atoms with van der Waals surface area (Å²) in [7, 11) is 0. The Morgan fingerprint density at radius 1 is 1.69 bits per heavy atom. The fourth-order valence-corrected chi connectivity index (χ4v) is 2.89. The standard InChI is InChI=1S/C12H20N2OS/c1-2-11(12-13-5-7-16-12)14-8-10-4-3-6-15-9-10/h5,7,10-11,14H,2-4,6,8-9H2,1H3. The van der Waals surface area contributed by atoms with E-state index in [-0.39, 0.29) is 0 Å². The molecule has 3 nitrogen and oxygen atoms in total. The summed E-state index contributed by atoms with van der Waals surface area (Å²) in [6.07, 6.45) is 5.48. The molecule has 1 aromatic rings. The van der Waals surface area contributed by atoms with Crippen LogP contribution in [-0.2, 0) is 4.74 Å². The van der Waals surface area contributed by atoms with E-state index in [9.17, 15) is 0 Å². The molecule has 0 radical (unpaired) electrons. The molecule has 2 heterocycles. The molecule has 0 saturated carbocycles. The fourth-order valence-electron chi connectivity index (χ4n) is 2.09. The second-order valence-electron chi connectivity index (χ2n) is 4.32. The first kappa shape index (κ1) is 12.0. The molecule has 1 fully saturated rings. The number of hydrogen-bond donors (Lipinski definition) is 1. The summed E-state index contributed by atoms with van der Waals surface area (Å²) in [4.78, 5) is 4.38. The van der Waals surface area contributed by atoms with Crippen LogP contribution in [0.3, 0.4) is 0 Å². The number of thiazole rings is 1. The molecule has 4 heteroatoms. The van der Waals surface area contributed by atoms with Gasteiger partial charge in [0, 0.05) is 24.7 Å². The second kappa shape index (κ2) is 6.33. The van der Waals surface area contributed by atoms with Gasteiger partial charge in [0.05, 0.1) is 12.6 Å². The van der Waals surface area contributed by atoms with Crippen molar-refractivity contribution in [3.05, 3.63) is 16.6 Å². The normalized spacial score (nSPS) is 23.2. The largest absolute Gasteiger partial charge is 0.381 e. The zero-order chi connectivity index (χ0) is 11.2. The Morgan fingerprint density at radius 3 is 3.25 bits per heavy atom. The summed E-state index contributed by atoms with van der Waals surface area (Å²) in [5, 5.41) is 6.86. The molecule has 1 aliphatic rings. The van der Waals surface area contributed by atoms with Crippen molar-refractivity contribution >= 4 is 11.3 Å². The quantitative estimate of drug-likeness (QED) is 0.859. The van der Waals surface area contributed by atoms with Gasteiger partial charge in [0.15, 0.2) is 0 Å². The predicted molar refractivity (Wildman–Crippen MR) is 66.7 cm³/mol. The highest BCUT2D eigenvalue weighted by molar-refractivity contribution is 7.09. The molecule has 0 amide bonds. The van der Waals surface area contributed by atoms with Gasteiger partial charge in [-0.25, -0.2) is 4.98 Å². The number of nitrogens with zero attached hydrogens (tertiary/aromatic N) is 1. The van der Waals surface area contributed by atoms with Crippen molar-refractivity contribution in [2.75, 3.05) is 19.8 Å². The Morgan fingerprint density at radius 2 is 2.62 bits per heavy atom. The van der Waals surface area contributed by atoms with Gasteiger partial charge in [0.25, 0.3) is 0 Å². The van der Waals surface area contributed by atoms with E-state index in [4.69, 9.17) is 4.74 Å². The lowest BCUT2D eigenvalue weighted by Gasteiger charge is -2.24. The molecule has 0 aromatic carbocycles. The first-order chi connectivity index (χ1) is 7.90. The average Bonchev–Trinajstić information content (AvgIpc) is 2.85. The van der Waals surface area contributed by atoms with Gasteiger partial charge in [-0.2, -0.15) is 0 Å². The van der Waals surface area contributed by atoms with E-state index in [0.717, 1.165) is 26.2 Å². The van der Waals surface area contributed by atoms with Crippen LogP contribution in [0, 0.1) is 5.92 Å². The van der Waals surface area contributed by atoms with Crippen molar-refractivity contribution in [1.29, 1.82) is 0 Å². The number of rotatable bonds is 5. The summed E-state index contributed by atoms with van der Waals surface area (Å²) in [6, 6.07) is 0.418. The molecule has 90 valence electrons. The number of hydrogen-bond acceptors (Lipinski definition) is 4.